The summed E-state index contributed by atoms with van der Waals surface area (Å²) in [5.74, 6) is 0. The van der Waals surface area contributed by atoms with Gasteiger partial charge in [0.05, 0.1) is 22.2 Å². The van der Waals surface area contributed by atoms with E-state index in [1.165, 1.54) is 0 Å². The summed E-state index contributed by atoms with van der Waals surface area (Å²) in [6, 6.07) is 0. The average Bonchev–Trinajstić information content (AvgIpc) is 2.66. The highest BCUT2D eigenvalue weighted by molar-refractivity contribution is 9.10. The smallest absolute Gasteiger partial charge is 0.218 e. The van der Waals surface area contributed by atoms with Crippen molar-refractivity contribution in [3.05, 3.63) is 43.7 Å². The zero-order valence-electron chi connectivity index (χ0n) is 7.68. The Morgan fingerprint density at radius 2 is 2.33 bits per heavy atom. The molecule has 0 fully saturated rings. The third-order valence-corrected chi connectivity index (χ3v) is 3.21. The van der Waals surface area contributed by atoms with Crippen molar-refractivity contribution >= 4 is 33.0 Å². The van der Waals surface area contributed by atoms with Crippen molar-refractivity contribution in [1.29, 1.82) is 0 Å². The van der Waals surface area contributed by atoms with Crippen LogP contribution in [-0.4, -0.2) is 9.55 Å². The highest BCUT2D eigenvalue weighted by Gasteiger charge is 2.03. The van der Waals surface area contributed by atoms with E-state index in [-0.39, 0.29) is 11.1 Å². The third kappa shape index (κ3) is 2.27. The molecule has 0 bridgehead atoms. The molecule has 78 valence electrons. The molecule has 2 N–H and O–H groups in total. The van der Waals surface area contributed by atoms with Crippen LogP contribution in [0, 0.1) is 0 Å². The number of aromatic nitrogens is 2. The summed E-state index contributed by atoms with van der Waals surface area (Å²) in [5.41, 5.74) is 7.42. The van der Waals surface area contributed by atoms with Crippen LogP contribution in [0.1, 0.15) is 4.88 Å². The Kier molecular flexibility index (Phi) is 2.88. The van der Waals surface area contributed by atoms with E-state index < -0.39 is 0 Å². The van der Waals surface area contributed by atoms with E-state index in [1.807, 2.05) is 4.57 Å². The van der Waals surface area contributed by atoms with Crippen LogP contribution < -0.4 is 11.2 Å². The zero-order chi connectivity index (χ0) is 10.8. The van der Waals surface area contributed by atoms with E-state index in [2.05, 4.69) is 20.9 Å². The van der Waals surface area contributed by atoms with Crippen LogP contribution in [0.3, 0.4) is 0 Å². The molecule has 0 aliphatic heterocycles. The Bertz CT molecular complexity index is 494. The number of anilines is 1. The number of hydrogen-bond acceptors (Lipinski definition) is 4. The summed E-state index contributed by atoms with van der Waals surface area (Å²) in [4.78, 5) is 16.4. The fourth-order valence-corrected chi connectivity index (χ4v) is 2.30. The van der Waals surface area contributed by atoms with Crippen LogP contribution in [0.4, 0.5) is 5.69 Å². The molecule has 0 unspecified atom stereocenters. The van der Waals surface area contributed by atoms with Gasteiger partial charge in [0, 0.05) is 23.5 Å². The van der Waals surface area contributed by atoms with Gasteiger partial charge in [-0.2, -0.15) is 0 Å². The van der Waals surface area contributed by atoms with Crippen LogP contribution >= 0.6 is 27.3 Å². The summed E-state index contributed by atoms with van der Waals surface area (Å²) in [5, 5.41) is 0. The maximum Gasteiger partial charge on any atom is 0.218 e. The molecule has 6 heteroatoms. The van der Waals surface area contributed by atoms with Crippen molar-refractivity contribution in [2.45, 2.75) is 6.54 Å². The molecule has 0 aliphatic rings. The second kappa shape index (κ2) is 4.16. The van der Waals surface area contributed by atoms with Gasteiger partial charge in [-0.25, -0.2) is 0 Å². The summed E-state index contributed by atoms with van der Waals surface area (Å²) >= 11 is 4.74. The molecule has 0 aliphatic carbocycles. The van der Waals surface area contributed by atoms with E-state index in [4.69, 9.17) is 5.73 Å². The van der Waals surface area contributed by atoms with Crippen LogP contribution in [0.25, 0.3) is 0 Å². The lowest BCUT2D eigenvalue weighted by Crippen LogP contribution is -2.13. The lowest BCUT2D eigenvalue weighted by molar-refractivity contribution is 0.797. The van der Waals surface area contributed by atoms with Gasteiger partial charge in [-0.15, -0.1) is 11.3 Å². The highest BCUT2D eigenvalue weighted by Crippen LogP contribution is 2.11. The Balaban J connectivity index is 2.34. The summed E-state index contributed by atoms with van der Waals surface area (Å²) < 4.78 is 2.33. The van der Waals surface area contributed by atoms with Gasteiger partial charge in [0.1, 0.15) is 0 Å². The number of halogens is 1. The first kappa shape index (κ1) is 10.4. The van der Waals surface area contributed by atoms with Gasteiger partial charge in [-0.1, -0.05) is 0 Å². The molecule has 2 rings (SSSR count). The molecule has 2 heterocycles. The highest BCUT2D eigenvalue weighted by atomic mass is 79.9. The summed E-state index contributed by atoms with van der Waals surface area (Å²) in [6.45, 7) is 0.674. The Morgan fingerprint density at radius 3 is 2.93 bits per heavy atom. The first-order chi connectivity index (χ1) is 7.16. The van der Waals surface area contributed by atoms with Gasteiger partial charge in [-0.3, -0.25) is 9.78 Å². The minimum Gasteiger partial charge on any atom is -0.394 e. The van der Waals surface area contributed by atoms with Gasteiger partial charge in [0.15, 0.2) is 0 Å². The lowest BCUT2D eigenvalue weighted by Gasteiger charge is -2.05. The molecule has 15 heavy (non-hydrogen) atoms. The monoisotopic (exact) mass is 285 g/mol. The quantitative estimate of drug-likeness (QED) is 0.914. The van der Waals surface area contributed by atoms with E-state index in [9.17, 15) is 4.79 Å². The molecule has 0 spiro atoms. The molecule has 0 amide bonds. The largest absolute Gasteiger partial charge is 0.394 e. The number of hydrogen-bond donors (Lipinski definition) is 1. The lowest BCUT2D eigenvalue weighted by atomic mass is 10.4. The third-order valence-electron chi connectivity index (χ3n) is 1.89. The number of thiazole rings is 1. The molecular formula is C9H8BrN3OS. The van der Waals surface area contributed by atoms with E-state index in [1.54, 1.807) is 35.4 Å². The molecule has 2 aromatic heterocycles. The number of nitrogens with zero attached hydrogens (tertiary/aromatic N) is 2. The average molecular weight is 286 g/mol. The van der Waals surface area contributed by atoms with E-state index in [0.717, 1.165) is 4.88 Å². The van der Waals surface area contributed by atoms with E-state index >= 15 is 0 Å². The van der Waals surface area contributed by atoms with Crippen molar-refractivity contribution in [1.82, 2.24) is 9.55 Å². The van der Waals surface area contributed by atoms with Crippen molar-refractivity contribution in [3.8, 4) is 0 Å². The van der Waals surface area contributed by atoms with Crippen LogP contribution in [0.2, 0.25) is 0 Å². The Hall–Kier alpha value is -1.14. The Labute approximate surface area is 98.5 Å². The summed E-state index contributed by atoms with van der Waals surface area (Å²) in [7, 11) is 0. The number of nitrogen functional groups attached to an aromatic ring is 1. The fourth-order valence-electron chi connectivity index (χ4n) is 1.21. The first-order valence-corrected chi connectivity index (χ1v) is 5.86. The molecule has 0 radical (unpaired) electrons. The molecule has 0 aromatic carbocycles. The van der Waals surface area contributed by atoms with Crippen molar-refractivity contribution in [3.63, 3.8) is 0 Å². The fraction of sp³-hybridized carbons (Fsp3) is 0.111. The van der Waals surface area contributed by atoms with Crippen molar-refractivity contribution in [2.24, 2.45) is 0 Å². The maximum atomic E-state index is 11.3. The summed E-state index contributed by atoms with van der Waals surface area (Å²) in [6.07, 6.45) is 5.15. The second-order valence-electron chi connectivity index (χ2n) is 3.03. The molecular weight excluding hydrogens is 278 g/mol. The van der Waals surface area contributed by atoms with E-state index in [0.29, 0.717) is 11.0 Å². The predicted molar refractivity (Wildman–Crippen MR) is 64.0 cm³/mol. The van der Waals surface area contributed by atoms with Gasteiger partial charge in [0.25, 0.3) is 0 Å². The number of rotatable bonds is 2. The standard InChI is InChI=1S/C9H8BrN3OS/c10-7-3-13(4-8(11)9(7)14)2-6-1-12-5-15-6/h1,3-5H,2,11H2. The van der Waals surface area contributed by atoms with Crippen LogP contribution in [0.5, 0.6) is 0 Å². The van der Waals surface area contributed by atoms with Gasteiger partial charge in [-0.05, 0) is 15.9 Å². The van der Waals surface area contributed by atoms with Gasteiger partial charge >= 0.3 is 0 Å². The zero-order valence-corrected chi connectivity index (χ0v) is 10.1. The van der Waals surface area contributed by atoms with Gasteiger partial charge < -0.3 is 10.3 Å². The van der Waals surface area contributed by atoms with Crippen LogP contribution in [0.15, 0.2) is 33.4 Å². The number of nitrogens with two attached hydrogens (primary N) is 1. The molecule has 2 aromatic rings. The molecule has 0 saturated carbocycles. The predicted octanol–water partition coefficient (Wildman–Crippen LogP) is 1.70. The van der Waals surface area contributed by atoms with Gasteiger partial charge in [0.2, 0.25) is 5.43 Å². The molecule has 4 nitrogen and oxygen atoms in total. The topological polar surface area (TPSA) is 60.9 Å². The first-order valence-electron chi connectivity index (χ1n) is 4.19. The normalized spacial score (nSPS) is 10.5. The minimum atomic E-state index is -0.171. The van der Waals surface area contributed by atoms with Crippen molar-refractivity contribution in [2.75, 3.05) is 5.73 Å². The SMILES string of the molecule is Nc1cn(Cc2cncs2)cc(Br)c1=O. The number of pyridine rings is 1. The van der Waals surface area contributed by atoms with Crippen LogP contribution in [-0.2, 0) is 6.54 Å². The second-order valence-corrected chi connectivity index (χ2v) is 4.86. The minimum absolute atomic E-state index is 0.171. The molecule has 0 atom stereocenters. The molecule has 0 saturated heterocycles. The van der Waals surface area contributed by atoms with Crippen molar-refractivity contribution < 1.29 is 0 Å². The Morgan fingerprint density at radius 1 is 1.53 bits per heavy atom. The maximum absolute atomic E-state index is 11.3.